The number of carbonyl (C=O) groups is 1. The number of aryl methyl sites for hydroxylation is 1. The zero-order valence-electron chi connectivity index (χ0n) is 11.5. The van der Waals surface area contributed by atoms with E-state index in [1.54, 1.807) is 24.5 Å². The summed E-state index contributed by atoms with van der Waals surface area (Å²) >= 11 is 0. The molecule has 0 radical (unpaired) electrons. The Morgan fingerprint density at radius 3 is 2.85 bits per heavy atom. The van der Waals surface area contributed by atoms with Gasteiger partial charge >= 0.3 is 6.03 Å². The van der Waals surface area contributed by atoms with Crippen LogP contribution >= 0.6 is 0 Å². The monoisotopic (exact) mass is 271 g/mol. The molecular weight excluding hydrogens is 254 g/mol. The third kappa shape index (κ3) is 3.71. The predicted molar refractivity (Wildman–Crippen MR) is 79.2 cm³/mol. The largest absolute Gasteiger partial charge is 0.492 e. The van der Waals surface area contributed by atoms with Crippen molar-refractivity contribution in [1.82, 2.24) is 4.98 Å². The van der Waals surface area contributed by atoms with E-state index in [0.29, 0.717) is 23.7 Å². The highest BCUT2D eigenvalue weighted by atomic mass is 16.5. The first kappa shape index (κ1) is 13.9. The summed E-state index contributed by atoms with van der Waals surface area (Å²) in [5, 5.41) is 5.47. The molecule has 1 aromatic carbocycles. The number of nitrogens with zero attached hydrogens (tertiary/aromatic N) is 1. The van der Waals surface area contributed by atoms with Crippen molar-refractivity contribution in [2.75, 3.05) is 17.2 Å². The summed E-state index contributed by atoms with van der Waals surface area (Å²) in [5.41, 5.74) is 2.35. The molecule has 0 unspecified atom stereocenters. The van der Waals surface area contributed by atoms with Crippen LogP contribution in [0.2, 0.25) is 0 Å². The van der Waals surface area contributed by atoms with E-state index in [4.69, 9.17) is 4.74 Å². The van der Waals surface area contributed by atoms with E-state index in [0.717, 1.165) is 5.56 Å². The lowest BCUT2D eigenvalue weighted by Gasteiger charge is -2.12. The Bertz CT molecular complexity index is 585. The van der Waals surface area contributed by atoms with Crippen LogP contribution in [0.4, 0.5) is 16.2 Å². The van der Waals surface area contributed by atoms with Gasteiger partial charge in [-0.25, -0.2) is 4.79 Å². The van der Waals surface area contributed by atoms with Gasteiger partial charge in [0.25, 0.3) is 0 Å². The van der Waals surface area contributed by atoms with Crippen LogP contribution in [-0.4, -0.2) is 17.6 Å². The quantitative estimate of drug-likeness (QED) is 0.895. The van der Waals surface area contributed by atoms with Gasteiger partial charge in [-0.3, -0.25) is 4.98 Å². The standard InChI is InChI=1S/C15H17N3O2/c1-3-20-14-9-11(2)6-7-13(14)18-15(19)17-12-5-4-8-16-10-12/h4-10H,3H2,1-2H3,(H2,17,18,19). The van der Waals surface area contributed by atoms with Crippen molar-refractivity contribution in [1.29, 1.82) is 0 Å². The van der Waals surface area contributed by atoms with Crippen molar-refractivity contribution in [3.8, 4) is 5.75 Å². The zero-order valence-corrected chi connectivity index (χ0v) is 11.5. The average molecular weight is 271 g/mol. The van der Waals surface area contributed by atoms with Gasteiger partial charge in [0.1, 0.15) is 5.75 Å². The van der Waals surface area contributed by atoms with Gasteiger partial charge in [0.15, 0.2) is 0 Å². The summed E-state index contributed by atoms with van der Waals surface area (Å²) in [6, 6.07) is 8.83. The first-order valence-corrected chi connectivity index (χ1v) is 6.40. The Morgan fingerprint density at radius 1 is 1.30 bits per heavy atom. The van der Waals surface area contributed by atoms with Crippen molar-refractivity contribution in [3.05, 3.63) is 48.3 Å². The maximum absolute atomic E-state index is 11.9. The molecule has 2 amide bonds. The number of hydrogen-bond donors (Lipinski definition) is 2. The average Bonchev–Trinajstić information content (AvgIpc) is 2.43. The van der Waals surface area contributed by atoms with E-state index >= 15 is 0 Å². The van der Waals surface area contributed by atoms with Gasteiger partial charge in [-0.2, -0.15) is 0 Å². The summed E-state index contributed by atoms with van der Waals surface area (Å²) in [4.78, 5) is 15.9. The zero-order chi connectivity index (χ0) is 14.4. The smallest absolute Gasteiger partial charge is 0.323 e. The Balaban J connectivity index is 2.07. The Kier molecular flexibility index (Phi) is 4.55. The molecule has 0 bridgehead atoms. The number of benzene rings is 1. The Hall–Kier alpha value is -2.56. The first-order valence-electron chi connectivity index (χ1n) is 6.40. The number of nitrogens with one attached hydrogen (secondary N) is 2. The van der Waals surface area contributed by atoms with Crippen LogP contribution in [0, 0.1) is 6.92 Å². The molecule has 0 saturated carbocycles. The lowest BCUT2D eigenvalue weighted by molar-refractivity contribution is 0.262. The number of hydrogen-bond acceptors (Lipinski definition) is 3. The van der Waals surface area contributed by atoms with E-state index in [2.05, 4.69) is 15.6 Å². The fraction of sp³-hybridized carbons (Fsp3) is 0.200. The van der Waals surface area contributed by atoms with Crippen LogP contribution < -0.4 is 15.4 Å². The third-order valence-corrected chi connectivity index (χ3v) is 2.60. The fourth-order valence-corrected chi connectivity index (χ4v) is 1.73. The van der Waals surface area contributed by atoms with Crippen LogP contribution in [0.1, 0.15) is 12.5 Å². The van der Waals surface area contributed by atoms with Gasteiger partial charge in [0, 0.05) is 6.20 Å². The van der Waals surface area contributed by atoms with Crippen LogP contribution in [0.25, 0.3) is 0 Å². The second-order valence-corrected chi connectivity index (χ2v) is 4.25. The van der Waals surface area contributed by atoms with Crippen molar-refractivity contribution in [3.63, 3.8) is 0 Å². The molecule has 0 aliphatic rings. The molecule has 2 aromatic rings. The van der Waals surface area contributed by atoms with Crippen LogP contribution in [0.15, 0.2) is 42.7 Å². The number of ether oxygens (including phenoxy) is 1. The van der Waals surface area contributed by atoms with Gasteiger partial charge in [0.2, 0.25) is 0 Å². The highest BCUT2D eigenvalue weighted by Gasteiger charge is 2.08. The predicted octanol–water partition coefficient (Wildman–Crippen LogP) is 3.43. The van der Waals surface area contributed by atoms with E-state index in [9.17, 15) is 4.79 Å². The van der Waals surface area contributed by atoms with Gasteiger partial charge in [-0.15, -0.1) is 0 Å². The molecule has 2 N–H and O–H groups in total. The van der Waals surface area contributed by atoms with E-state index < -0.39 is 0 Å². The molecule has 0 aliphatic carbocycles. The Labute approximate surface area is 118 Å². The molecule has 0 spiro atoms. The molecule has 2 rings (SSSR count). The molecule has 0 atom stereocenters. The summed E-state index contributed by atoms with van der Waals surface area (Å²) < 4.78 is 5.51. The lowest BCUT2D eigenvalue weighted by atomic mass is 10.2. The molecule has 0 saturated heterocycles. The van der Waals surface area contributed by atoms with Gasteiger partial charge in [0.05, 0.1) is 24.2 Å². The number of urea groups is 1. The SMILES string of the molecule is CCOc1cc(C)ccc1NC(=O)Nc1cccnc1. The minimum atomic E-state index is -0.331. The van der Waals surface area contributed by atoms with Crippen LogP contribution in [0.3, 0.4) is 0 Å². The molecule has 5 heteroatoms. The van der Waals surface area contributed by atoms with Crippen LogP contribution in [0.5, 0.6) is 5.75 Å². The molecule has 0 fully saturated rings. The fourth-order valence-electron chi connectivity index (χ4n) is 1.73. The van der Waals surface area contributed by atoms with Crippen molar-refractivity contribution in [2.24, 2.45) is 0 Å². The number of rotatable bonds is 4. The number of anilines is 2. The minimum absolute atomic E-state index is 0.331. The van der Waals surface area contributed by atoms with Gasteiger partial charge < -0.3 is 15.4 Å². The number of aromatic nitrogens is 1. The van der Waals surface area contributed by atoms with Crippen molar-refractivity contribution in [2.45, 2.75) is 13.8 Å². The normalized spacial score (nSPS) is 9.90. The van der Waals surface area contributed by atoms with Crippen molar-refractivity contribution >= 4 is 17.4 Å². The van der Waals surface area contributed by atoms with E-state index in [1.165, 1.54) is 0 Å². The maximum atomic E-state index is 11.9. The van der Waals surface area contributed by atoms with Gasteiger partial charge in [-0.1, -0.05) is 6.07 Å². The Morgan fingerprint density at radius 2 is 2.15 bits per heavy atom. The summed E-state index contributed by atoms with van der Waals surface area (Å²) in [6.07, 6.45) is 3.23. The number of carbonyl (C=O) groups excluding carboxylic acids is 1. The molecule has 1 aromatic heterocycles. The molecule has 0 aliphatic heterocycles. The molecule has 20 heavy (non-hydrogen) atoms. The second kappa shape index (κ2) is 6.56. The highest BCUT2D eigenvalue weighted by molar-refractivity contribution is 6.00. The lowest BCUT2D eigenvalue weighted by Crippen LogP contribution is -2.20. The number of pyridine rings is 1. The minimum Gasteiger partial charge on any atom is -0.492 e. The topological polar surface area (TPSA) is 63.2 Å². The highest BCUT2D eigenvalue weighted by Crippen LogP contribution is 2.25. The molecule has 104 valence electrons. The summed E-state index contributed by atoms with van der Waals surface area (Å²) in [6.45, 7) is 4.42. The molecule has 5 nitrogen and oxygen atoms in total. The molecule has 1 heterocycles. The third-order valence-electron chi connectivity index (χ3n) is 2.60. The summed E-state index contributed by atoms with van der Waals surface area (Å²) in [7, 11) is 0. The summed E-state index contributed by atoms with van der Waals surface area (Å²) in [5.74, 6) is 0.661. The van der Waals surface area contributed by atoms with Crippen LogP contribution in [-0.2, 0) is 0 Å². The molecular formula is C15H17N3O2. The van der Waals surface area contributed by atoms with E-state index in [1.807, 2.05) is 32.0 Å². The van der Waals surface area contributed by atoms with Crippen molar-refractivity contribution < 1.29 is 9.53 Å². The first-order chi connectivity index (χ1) is 9.69. The maximum Gasteiger partial charge on any atom is 0.323 e. The number of amides is 2. The van der Waals surface area contributed by atoms with E-state index in [-0.39, 0.29) is 6.03 Å². The second-order valence-electron chi connectivity index (χ2n) is 4.25. The van der Waals surface area contributed by atoms with Gasteiger partial charge in [-0.05, 0) is 43.7 Å².